The van der Waals surface area contributed by atoms with Gasteiger partial charge in [0.1, 0.15) is 31.0 Å². The van der Waals surface area contributed by atoms with E-state index in [-0.39, 0.29) is 36.2 Å². The zero-order chi connectivity index (χ0) is 43.7. The molecule has 0 saturated heterocycles. The average Bonchev–Trinajstić information content (AvgIpc) is 3.63. The molecule has 3 heterocycles. The number of anilines is 1. The number of nitrogens with zero attached hydrogens (tertiary/aromatic N) is 3. The Morgan fingerprint density at radius 1 is 0.968 bits per heavy atom. The number of nitriles is 1. The van der Waals surface area contributed by atoms with Gasteiger partial charge < -0.3 is 30.4 Å². The normalized spacial score (nSPS) is 16.4. The van der Waals surface area contributed by atoms with E-state index in [0.29, 0.717) is 61.0 Å². The van der Waals surface area contributed by atoms with Crippen LogP contribution in [0.3, 0.4) is 0 Å². The molecular weight excluding hydrogens is 874 g/mol. The summed E-state index contributed by atoms with van der Waals surface area (Å²) in [5.41, 5.74) is 11.7. The third kappa shape index (κ3) is 9.06. The summed E-state index contributed by atoms with van der Waals surface area (Å²) in [5.74, 6) is -0.630. The number of nitrogens with one attached hydrogen (secondary N) is 1. The number of fused-ring (bicyclic) bond motifs is 2. The number of amides is 1. The minimum Gasteiger partial charge on any atom is -0.489 e. The number of nitrogen functional groups attached to an aromatic ring is 1. The summed E-state index contributed by atoms with van der Waals surface area (Å²) in [6.45, 7) is 1.81. The number of aromatic nitrogens is 1. The predicted octanol–water partition coefficient (Wildman–Crippen LogP) is 7.90. The van der Waals surface area contributed by atoms with Gasteiger partial charge in [-0.05, 0) is 101 Å². The molecule has 0 bridgehead atoms. The van der Waals surface area contributed by atoms with E-state index in [1.807, 2.05) is 54.6 Å². The maximum absolute atomic E-state index is 14.4. The summed E-state index contributed by atoms with van der Waals surface area (Å²) >= 11 is 13.2. The van der Waals surface area contributed by atoms with Gasteiger partial charge in [-0.15, -0.1) is 11.3 Å². The van der Waals surface area contributed by atoms with Crippen LogP contribution in [0.4, 0.5) is 5.13 Å². The highest BCUT2D eigenvalue weighted by molar-refractivity contribution is 7.89. The second-order valence-corrected chi connectivity index (χ2v) is 18.6. The molecule has 5 aromatic carbocycles. The summed E-state index contributed by atoms with van der Waals surface area (Å²) in [6, 6.07) is 29.8. The molecule has 17 heteroatoms. The molecular formula is C45H37Cl2N5O8S2. The number of carboxylic acids is 1. The molecule has 2 aliphatic heterocycles. The lowest BCUT2D eigenvalue weighted by atomic mass is 9.94. The van der Waals surface area contributed by atoms with Crippen LogP contribution in [0.15, 0.2) is 108 Å². The van der Waals surface area contributed by atoms with Gasteiger partial charge in [0.15, 0.2) is 27.8 Å². The van der Waals surface area contributed by atoms with Gasteiger partial charge in [-0.3, -0.25) is 4.79 Å². The summed E-state index contributed by atoms with van der Waals surface area (Å²) in [4.78, 5) is 31.2. The van der Waals surface area contributed by atoms with Crippen molar-refractivity contribution in [2.45, 2.75) is 56.1 Å². The Morgan fingerprint density at radius 2 is 1.65 bits per heavy atom. The number of carbonyl (C=O) groups is 2. The van der Waals surface area contributed by atoms with Gasteiger partial charge in [0.25, 0.3) is 10.0 Å². The molecule has 0 radical (unpaired) electrons. The van der Waals surface area contributed by atoms with Crippen LogP contribution in [-0.4, -0.2) is 53.4 Å². The number of benzene rings is 5. The maximum Gasteiger partial charge on any atom is 0.326 e. The van der Waals surface area contributed by atoms with E-state index in [1.54, 1.807) is 55.5 Å². The number of aliphatic carboxylic acids is 1. The standard InChI is InChI=1S/C45H37Cl2N5O8S2/c1-25-43(51-45(49)61-25)62(56,57)52-22-33-20-40-39(59-24-41(60-40)31-11-13-34(14-12-31)58-23-28-6-15-35(46)36(47)16-28)19-32(33)18-38(52)42(53)50-37(44(54)55)17-26-2-7-29(8-3-26)30-9-4-27(21-48)5-10-30/h2-16,19-20,37-38,41H,17-18,22-24H2,1H3,(H2,49,51)(H,50,53)(H,54,55)/t37?,38-,41+/m0/s1. The van der Waals surface area contributed by atoms with E-state index in [2.05, 4.69) is 16.4 Å². The van der Waals surface area contributed by atoms with E-state index < -0.39 is 40.1 Å². The molecule has 316 valence electrons. The Balaban J connectivity index is 1.01. The Kier molecular flexibility index (Phi) is 12.1. The van der Waals surface area contributed by atoms with Crippen molar-refractivity contribution >= 4 is 61.6 Å². The smallest absolute Gasteiger partial charge is 0.326 e. The van der Waals surface area contributed by atoms with Crippen molar-refractivity contribution in [1.82, 2.24) is 14.6 Å². The molecule has 2 aliphatic rings. The second kappa shape index (κ2) is 17.7. The minimum absolute atomic E-state index is 0.0485. The maximum atomic E-state index is 14.4. The van der Waals surface area contributed by atoms with Crippen LogP contribution in [-0.2, 0) is 45.6 Å². The summed E-state index contributed by atoms with van der Waals surface area (Å²) in [7, 11) is -4.43. The largest absolute Gasteiger partial charge is 0.489 e. The zero-order valence-corrected chi connectivity index (χ0v) is 36.0. The predicted molar refractivity (Wildman–Crippen MR) is 234 cm³/mol. The fraction of sp³-hybridized carbons (Fsp3) is 0.200. The fourth-order valence-corrected chi connectivity index (χ4v) is 10.4. The topological polar surface area (TPSA) is 194 Å². The molecule has 0 fully saturated rings. The highest BCUT2D eigenvalue weighted by Crippen LogP contribution is 2.42. The lowest BCUT2D eigenvalue weighted by Gasteiger charge is -2.36. The Labute approximate surface area is 371 Å². The van der Waals surface area contributed by atoms with Crippen molar-refractivity contribution in [2.75, 3.05) is 12.3 Å². The van der Waals surface area contributed by atoms with Gasteiger partial charge in [-0.2, -0.15) is 9.57 Å². The number of carboxylic acid groups (broad SMARTS) is 1. The van der Waals surface area contributed by atoms with Gasteiger partial charge in [-0.1, -0.05) is 77.8 Å². The van der Waals surface area contributed by atoms with Crippen molar-refractivity contribution in [3.05, 3.63) is 151 Å². The molecule has 8 rings (SSSR count). The minimum atomic E-state index is -4.43. The lowest BCUT2D eigenvalue weighted by Crippen LogP contribution is -2.55. The highest BCUT2D eigenvalue weighted by Gasteiger charge is 2.43. The van der Waals surface area contributed by atoms with Gasteiger partial charge in [0.2, 0.25) is 5.91 Å². The highest BCUT2D eigenvalue weighted by atomic mass is 35.5. The molecule has 6 aromatic rings. The number of halogens is 2. The molecule has 13 nitrogen and oxygen atoms in total. The van der Waals surface area contributed by atoms with E-state index in [9.17, 15) is 23.1 Å². The first-order valence-corrected chi connectivity index (χ1v) is 22.3. The van der Waals surface area contributed by atoms with Gasteiger partial charge in [-0.25, -0.2) is 18.2 Å². The van der Waals surface area contributed by atoms with Crippen molar-refractivity contribution in [2.24, 2.45) is 0 Å². The summed E-state index contributed by atoms with van der Waals surface area (Å²) in [6.07, 6.45) is -0.651. The van der Waals surface area contributed by atoms with Crippen LogP contribution < -0.4 is 25.3 Å². The number of hydrogen-bond donors (Lipinski definition) is 3. The molecule has 1 unspecified atom stereocenters. The number of aryl methyl sites for hydroxylation is 1. The van der Waals surface area contributed by atoms with Crippen molar-refractivity contribution in [1.29, 1.82) is 5.26 Å². The van der Waals surface area contributed by atoms with Crippen molar-refractivity contribution < 1.29 is 37.3 Å². The quantitative estimate of drug-likeness (QED) is 0.108. The SMILES string of the molecule is Cc1sc(N)nc1S(=O)(=O)N1Cc2cc3c(cc2C[C@H]1C(=O)NC(Cc1ccc(-c2ccc(C#N)cc2)cc1)C(=O)O)OC[C@H](c1ccc(OCc2ccc(Cl)c(Cl)c2)cc1)O3. The van der Waals surface area contributed by atoms with Crippen molar-refractivity contribution in [3.63, 3.8) is 0 Å². The fourth-order valence-electron chi connectivity index (χ4n) is 7.37. The first kappa shape index (κ1) is 42.5. The second-order valence-electron chi connectivity index (χ2n) is 14.8. The average molecular weight is 911 g/mol. The van der Waals surface area contributed by atoms with Crippen LogP contribution in [0.5, 0.6) is 17.2 Å². The van der Waals surface area contributed by atoms with Gasteiger partial charge >= 0.3 is 5.97 Å². The molecule has 0 spiro atoms. The van der Waals surface area contributed by atoms with E-state index in [4.69, 9.17) is 48.4 Å². The molecule has 0 aliphatic carbocycles. The lowest BCUT2D eigenvalue weighted by molar-refractivity contribution is -0.142. The number of hydrogen-bond acceptors (Lipinski definition) is 11. The molecule has 0 saturated carbocycles. The molecule has 62 heavy (non-hydrogen) atoms. The number of carbonyl (C=O) groups excluding carboxylic acids is 1. The van der Waals surface area contributed by atoms with Gasteiger partial charge in [0.05, 0.1) is 21.7 Å². The van der Waals surface area contributed by atoms with Crippen LogP contribution in [0.1, 0.15) is 44.4 Å². The third-order valence-electron chi connectivity index (χ3n) is 10.6. The monoisotopic (exact) mass is 909 g/mol. The Hall–Kier alpha value is -6.15. The first-order valence-electron chi connectivity index (χ1n) is 19.2. The summed E-state index contributed by atoms with van der Waals surface area (Å²) in [5, 5.41) is 22.7. The van der Waals surface area contributed by atoms with E-state index in [0.717, 1.165) is 37.9 Å². The number of nitrogens with two attached hydrogens (primary N) is 1. The molecule has 4 N–H and O–H groups in total. The number of thiazole rings is 1. The summed E-state index contributed by atoms with van der Waals surface area (Å²) < 4.78 is 48.3. The van der Waals surface area contributed by atoms with E-state index in [1.165, 1.54) is 0 Å². The van der Waals surface area contributed by atoms with Crippen LogP contribution in [0, 0.1) is 18.3 Å². The first-order chi connectivity index (χ1) is 29.7. The Bertz CT molecular complexity index is 2830. The molecule has 3 atom stereocenters. The van der Waals surface area contributed by atoms with Crippen LogP contribution in [0.25, 0.3) is 11.1 Å². The van der Waals surface area contributed by atoms with Crippen molar-refractivity contribution in [3.8, 4) is 34.4 Å². The number of ether oxygens (including phenoxy) is 3. The molecule has 1 amide bonds. The molecule has 1 aromatic heterocycles. The van der Waals surface area contributed by atoms with E-state index >= 15 is 0 Å². The Morgan fingerprint density at radius 3 is 2.29 bits per heavy atom. The van der Waals surface area contributed by atoms with Gasteiger partial charge in [0, 0.05) is 17.8 Å². The van der Waals surface area contributed by atoms with Crippen LogP contribution in [0.2, 0.25) is 10.0 Å². The zero-order valence-electron chi connectivity index (χ0n) is 32.9. The number of rotatable bonds is 12. The third-order valence-corrected chi connectivity index (χ3v) is 14.2. The van der Waals surface area contributed by atoms with Crippen LogP contribution >= 0.6 is 34.5 Å². The number of sulfonamides is 1.